The van der Waals surface area contributed by atoms with Gasteiger partial charge in [0.1, 0.15) is 0 Å². The van der Waals surface area contributed by atoms with Crippen molar-refractivity contribution in [3.05, 3.63) is 46.8 Å². The molecule has 0 N–H and O–H groups in total. The van der Waals surface area contributed by atoms with Gasteiger partial charge in [-0.05, 0) is 29.5 Å². The van der Waals surface area contributed by atoms with E-state index in [0.29, 0.717) is 5.88 Å². The molecule has 0 amide bonds. The molecule has 0 bridgehead atoms. The summed E-state index contributed by atoms with van der Waals surface area (Å²) in [4.78, 5) is 1.29. The highest BCUT2D eigenvalue weighted by molar-refractivity contribution is 7.13. The highest BCUT2D eigenvalue weighted by atomic mass is 35.5. The maximum Gasteiger partial charge on any atom is 0.0482 e. The van der Waals surface area contributed by atoms with E-state index in [1.165, 1.54) is 21.6 Å². The molecule has 14 heavy (non-hydrogen) atoms. The number of thiophene rings is 1. The Morgan fingerprint density at radius 1 is 1.21 bits per heavy atom. The van der Waals surface area contributed by atoms with Crippen LogP contribution in [0.1, 0.15) is 11.1 Å². The molecule has 0 radical (unpaired) electrons. The smallest absolute Gasteiger partial charge is 0.0482 e. The van der Waals surface area contributed by atoms with E-state index >= 15 is 0 Å². The van der Waals surface area contributed by atoms with E-state index in [2.05, 4.69) is 42.6 Å². The topological polar surface area (TPSA) is 0 Å². The Balaban J connectivity index is 2.34. The SMILES string of the molecule is Cc1ccc(-c2cc(CCl)cs2)cc1. The zero-order chi connectivity index (χ0) is 9.97. The number of halogens is 1. The fourth-order valence-electron chi connectivity index (χ4n) is 1.31. The lowest BCUT2D eigenvalue weighted by molar-refractivity contribution is 1.45. The first-order valence-electron chi connectivity index (χ1n) is 4.50. The standard InChI is InChI=1S/C12H11ClS/c1-9-2-4-11(5-3-9)12-6-10(7-13)8-14-12/h2-6,8H,7H2,1H3. The predicted molar refractivity (Wildman–Crippen MR) is 64.0 cm³/mol. The van der Waals surface area contributed by atoms with Gasteiger partial charge in [-0.3, -0.25) is 0 Å². The summed E-state index contributed by atoms with van der Waals surface area (Å²) in [5.41, 5.74) is 3.77. The minimum absolute atomic E-state index is 0.600. The molecule has 0 saturated carbocycles. The minimum atomic E-state index is 0.600. The highest BCUT2D eigenvalue weighted by Crippen LogP contribution is 2.27. The number of hydrogen-bond donors (Lipinski definition) is 0. The van der Waals surface area contributed by atoms with Gasteiger partial charge in [-0.2, -0.15) is 0 Å². The molecule has 0 nitrogen and oxygen atoms in total. The summed E-state index contributed by atoms with van der Waals surface area (Å²) in [5, 5.41) is 2.11. The van der Waals surface area contributed by atoms with E-state index in [9.17, 15) is 0 Å². The Hall–Kier alpha value is -0.790. The van der Waals surface area contributed by atoms with E-state index in [1.54, 1.807) is 11.3 Å². The van der Waals surface area contributed by atoms with Gasteiger partial charge in [-0.1, -0.05) is 29.8 Å². The van der Waals surface area contributed by atoms with Crippen LogP contribution in [0.5, 0.6) is 0 Å². The first-order chi connectivity index (χ1) is 6.79. The molecule has 0 aliphatic rings. The van der Waals surface area contributed by atoms with Gasteiger partial charge in [-0.15, -0.1) is 22.9 Å². The molecule has 0 spiro atoms. The number of aryl methyl sites for hydroxylation is 1. The van der Waals surface area contributed by atoms with Gasteiger partial charge in [0, 0.05) is 10.8 Å². The summed E-state index contributed by atoms with van der Waals surface area (Å²) < 4.78 is 0. The number of benzene rings is 1. The van der Waals surface area contributed by atoms with Crippen LogP contribution in [0.15, 0.2) is 35.7 Å². The van der Waals surface area contributed by atoms with Crippen LogP contribution in [0.4, 0.5) is 0 Å². The number of rotatable bonds is 2. The molecule has 1 aromatic heterocycles. The Morgan fingerprint density at radius 2 is 1.93 bits per heavy atom. The molecule has 2 aromatic rings. The van der Waals surface area contributed by atoms with Crippen LogP contribution in [-0.4, -0.2) is 0 Å². The van der Waals surface area contributed by atoms with E-state index in [0.717, 1.165) is 0 Å². The quantitative estimate of drug-likeness (QED) is 0.658. The lowest BCUT2D eigenvalue weighted by Crippen LogP contribution is -1.74. The van der Waals surface area contributed by atoms with Gasteiger partial charge in [0.2, 0.25) is 0 Å². The minimum Gasteiger partial charge on any atom is -0.143 e. The van der Waals surface area contributed by atoms with E-state index < -0.39 is 0 Å². The summed E-state index contributed by atoms with van der Waals surface area (Å²) in [6.45, 7) is 2.10. The monoisotopic (exact) mass is 222 g/mol. The van der Waals surface area contributed by atoms with Crippen molar-refractivity contribution in [1.82, 2.24) is 0 Å². The third kappa shape index (κ3) is 1.99. The average Bonchev–Trinajstić information content (AvgIpc) is 2.67. The third-order valence-corrected chi connectivity index (χ3v) is 3.48. The molecule has 0 atom stereocenters. The third-order valence-electron chi connectivity index (χ3n) is 2.14. The lowest BCUT2D eigenvalue weighted by Gasteiger charge is -1.97. The molecule has 0 fully saturated rings. The summed E-state index contributed by atoms with van der Waals surface area (Å²) >= 11 is 7.51. The summed E-state index contributed by atoms with van der Waals surface area (Å²) in [7, 11) is 0. The van der Waals surface area contributed by atoms with Crippen LogP contribution in [0, 0.1) is 6.92 Å². The Kier molecular flexibility index (Phi) is 2.90. The molecule has 72 valence electrons. The van der Waals surface area contributed by atoms with Crippen LogP contribution in [-0.2, 0) is 5.88 Å². The normalized spacial score (nSPS) is 10.4. The molecular formula is C12H11ClS. The zero-order valence-corrected chi connectivity index (χ0v) is 9.53. The highest BCUT2D eigenvalue weighted by Gasteiger charge is 2.01. The number of alkyl halides is 1. The van der Waals surface area contributed by atoms with Crippen molar-refractivity contribution in [3.8, 4) is 10.4 Å². The van der Waals surface area contributed by atoms with E-state index in [1.807, 2.05) is 0 Å². The molecule has 1 heterocycles. The van der Waals surface area contributed by atoms with Crippen molar-refractivity contribution in [2.45, 2.75) is 12.8 Å². The van der Waals surface area contributed by atoms with Gasteiger partial charge in [0.25, 0.3) is 0 Å². The van der Waals surface area contributed by atoms with Crippen LogP contribution in [0.3, 0.4) is 0 Å². The van der Waals surface area contributed by atoms with Crippen LogP contribution in [0.25, 0.3) is 10.4 Å². The molecule has 0 aliphatic carbocycles. The van der Waals surface area contributed by atoms with Crippen LogP contribution < -0.4 is 0 Å². The van der Waals surface area contributed by atoms with E-state index in [-0.39, 0.29) is 0 Å². The Bertz CT molecular complexity index is 414. The second kappa shape index (κ2) is 4.16. The zero-order valence-electron chi connectivity index (χ0n) is 7.96. The molecule has 2 rings (SSSR count). The van der Waals surface area contributed by atoms with Crippen molar-refractivity contribution >= 4 is 22.9 Å². The van der Waals surface area contributed by atoms with Crippen molar-refractivity contribution in [2.75, 3.05) is 0 Å². The fourth-order valence-corrected chi connectivity index (χ4v) is 2.48. The van der Waals surface area contributed by atoms with Crippen LogP contribution in [0.2, 0.25) is 0 Å². The molecule has 0 saturated heterocycles. The number of hydrogen-bond acceptors (Lipinski definition) is 1. The molecule has 0 unspecified atom stereocenters. The van der Waals surface area contributed by atoms with E-state index in [4.69, 9.17) is 11.6 Å². The average molecular weight is 223 g/mol. The van der Waals surface area contributed by atoms with Crippen molar-refractivity contribution in [3.63, 3.8) is 0 Å². The van der Waals surface area contributed by atoms with Gasteiger partial charge in [-0.25, -0.2) is 0 Å². The molecule has 0 aliphatic heterocycles. The van der Waals surface area contributed by atoms with Gasteiger partial charge >= 0.3 is 0 Å². The summed E-state index contributed by atoms with van der Waals surface area (Å²) in [6, 6.07) is 10.7. The molecule has 2 heteroatoms. The van der Waals surface area contributed by atoms with Crippen molar-refractivity contribution in [1.29, 1.82) is 0 Å². The van der Waals surface area contributed by atoms with Crippen molar-refractivity contribution in [2.24, 2.45) is 0 Å². The van der Waals surface area contributed by atoms with Crippen molar-refractivity contribution < 1.29 is 0 Å². The lowest BCUT2D eigenvalue weighted by atomic mass is 10.1. The molecular weight excluding hydrogens is 212 g/mol. The maximum absolute atomic E-state index is 5.76. The fraction of sp³-hybridized carbons (Fsp3) is 0.167. The predicted octanol–water partition coefficient (Wildman–Crippen LogP) is 4.46. The maximum atomic E-state index is 5.76. The van der Waals surface area contributed by atoms with Crippen LogP contribution >= 0.6 is 22.9 Å². The van der Waals surface area contributed by atoms with Gasteiger partial charge in [0.05, 0.1) is 0 Å². The first-order valence-corrected chi connectivity index (χ1v) is 5.91. The summed E-state index contributed by atoms with van der Waals surface area (Å²) in [5.74, 6) is 0.600. The second-order valence-electron chi connectivity index (χ2n) is 3.32. The molecule has 1 aromatic carbocycles. The first kappa shape index (κ1) is 9.75. The largest absolute Gasteiger partial charge is 0.143 e. The van der Waals surface area contributed by atoms with Gasteiger partial charge < -0.3 is 0 Å². The van der Waals surface area contributed by atoms with Gasteiger partial charge in [0.15, 0.2) is 0 Å². The Morgan fingerprint density at radius 3 is 2.50 bits per heavy atom. The summed E-state index contributed by atoms with van der Waals surface area (Å²) in [6.07, 6.45) is 0. The Labute approximate surface area is 93.2 Å². The second-order valence-corrected chi connectivity index (χ2v) is 4.50.